The monoisotopic (exact) mass is 696 g/mol. The van der Waals surface area contributed by atoms with Crippen LogP contribution in [0.15, 0.2) is 20.9 Å². The quantitative estimate of drug-likeness (QED) is 0.138. The van der Waals surface area contributed by atoms with Crippen molar-refractivity contribution >= 4 is 11.6 Å². The van der Waals surface area contributed by atoms with Crippen LogP contribution in [0.1, 0.15) is 108 Å². The van der Waals surface area contributed by atoms with Gasteiger partial charge < -0.3 is 13.8 Å². The maximum absolute atomic E-state index is 13.9. The fourth-order valence-electron chi connectivity index (χ4n) is 10.6. The van der Waals surface area contributed by atoms with Crippen molar-refractivity contribution in [2.75, 3.05) is 6.61 Å². The average Bonchev–Trinajstić information content (AvgIpc) is 3.85. The molecule has 51 heavy (non-hydrogen) atoms. The predicted octanol–water partition coefficient (Wildman–Crippen LogP) is 5.73. The first-order valence-corrected chi connectivity index (χ1v) is 18.2. The van der Waals surface area contributed by atoms with Gasteiger partial charge in [0.15, 0.2) is 17.4 Å². The molecular formula is C38H48N8O5. The van der Waals surface area contributed by atoms with Gasteiger partial charge in [0.1, 0.15) is 17.2 Å². The molecule has 0 aromatic carbocycles. The van der Waals surface area contributed by atoms with Gasteiger partial charge in [-0.3, -0.25) is 19.0 Å². The molecule has 13 heteroatoms. The van der Waals surface area contributed by atoms with Crippen LogP contribution in [0.2, 0.25) is 0 Å². The zero-order valence-electron chi connectivity index (χ0n) is 31.2. The van der Waals surface area contributed by atoms with Gasteiger partial charge in [-0.15, -0.1) is 0 Å². The molecule has 4 aromatic heterocycles. The minimum atomic E-state index is -0.594. The molecule has 0 bridgehead atoms. The number of allylic oxidation sites excluding steroid dienone is 1. The Labute approximate surface area is 297 Å². The van der Waals surface area contributed by atoms with Gasteiger partial charge in [0, 0.05) is 65.3 Å². The van der Waals surface area contributed by atoms with E-state index in [4.69, 9.17) is 29.0 Å². The molecular weight excluding hydrogens is 648 g/mol. The van der Waals surface area contributed by atoms with E-state index in [1.165, 1.54) is 0 Å². The van der Waals surface area contributed by atoms with Crippen molar-refractivity contribution in [3.63, 3.8) is 0 Å². The van der Waals surface area contributed by atoms with Crippen LogP contribution in [0.3, 0.4) is 0 Å². The van der Waals surface area contributed by atoms with Crippen molar-refractivity contribution in [2.45, 2.75) is 111 Å². The standard InChI is InChI=1S/C38H48N8O5/c1-20-39-33(50-43-20)28-23-11-13-25-36(4,5)32(48)21(18-38(25,7)31(23)42-45(28)8)19-49-17-15-27-40-34(51-44-27)29-22-10-12-24-35(2,3)26(47)14-16-37(24,6)30(22)41-46(29)9/h19,24-25H,10-18H2,1-9H3/b21-19-/t24-,25-,37?,38?/m0/s1. The number of ether oxygens (including phenoxy) is 1. The average molecular weight is 697 g/mol. The van der Waals surface area contributed by atoms with E-state index in [0.717, 1.165) is 66.0 Å². The number of ketones is 2. The zero-order valence-corrected chi connectivity index (χ0v) is 31.2. The van der Waals surface area contributed by atoms with Gasteiger partial charge in [-0.2, -0.15) is 20.2 Å². The highest BCUT2D eigenvalue weighted by Gasteiger charge is 2.58. The first-order valence-electron chi connectivity index (χ1n) is 18.2. The molecule has 0 saturated heterocycles. The first-order chi connectivity index (χ1) is 24.1. The second-order valence-corrected chi connectivity index (χ2v) is 16.9. The Hall–Kier alpha value is -4.42. The summed E-state index contributed by atoms with van der Waals surface area (Å²) < 4.78 is 21.1. The Morgan fingerprint density at radius 3 is 2.02 bits per heavy atom. The van der Waals surface area contributed by atoms with Gasteiger partial charge in [0.2, 0.25) is 0 Å². The van der Waals surface area contributed by atoms with Gasteiger partial charge in [-0.05, 0) is 57.3 Å². The Balaban J connectivity index is 0.994. The summed E-state index contributed by atoms with van der Waals surface area (Å²) in [6.07, 6.45) is 7.33. The lowest BCUT2D eigenvalue weighted by molar-refractivity contribution is -0.137. The van der Waals surface area contributed by atoms with Crippen LogP contribution < -0.4 is 0 Å². The van der Waals surface area contributed by atoms with Crippen molar-refractivity contribution in [2.24, 2.45) is 36.8 Å². The van der Waals surface area contributed by atoms with Crippen LogP contribution in [-0.4, -0.2) is 58.0 Å². The largest absolute Gasteiger partial charge is 0.500 e. The van der Waals surface area contributed by atoms with Crippen LogP contribution in [-0.2, 0) is 58.5 Å². The molecule has 0 spiro atoms. The topological polar surface area (TPSA) is 157 Å². The number of carbonyl (C=O) groups excluding carboxylic acids is 2. The summed E-state index contributed by atoms with van der Waals surface area (Å²) in [7, 11) is 3.83. The van der Waals surface area contributed by atoms with Crippen LogP contribution in [0.25, 0.3) is 23.2 Å². The lowest BCUT2D eigenvalue weighted by atomic mass is 9.50. The van der Waals surface area contributed by atoms with E-state index in [1.54, 1.807) is 13.2 Å². The third kappa shape index (κ3) is 4.85. The van der Waals surface area contributed by atoms with Gasteiger partial charge in [-0.25, -0.2) is 0 Å². The molecule has 0 amide bonds. The highest BCUT2D eigenvalue weighted by atomic mass is 16.5. The van der Waals surface area contributed by atoms with Gasteiger partial charge in [-0.1, -0.05) is 51.9 Å². The summed E-state index contributed by atoms with van der Waals surface area (Å²) >= 11 is 0. The van der Waals surface area contributed by atoms with Gasteiger partial charge >= 0.3 is 0 Å². The molecule has 13 nitrogen and oxygen atoms in total. The van der Waals surface area contributed by atoms with Crippen molar-refractivity contribution in [1.82, 2.24) is 39.8 Å². The molecule has 4 atom stereocenters. The van der Waals surface area contributed by atoms with E-state index < -0.39 is 5.41 Å². The number of hydrogen-bond donors (Lipinski definition) is 0. The van der Waals surface area contributed by atoms with E-state index in [2.05, 4.69) is 56.8 Å². The van der Waals surface area contributed by atoms with Crippen molar-refractivity contribution in [3.05, 3.63) is 46.0 Å². The van der Waals surface area contributed by atoms with Crippen LogP contribution in [0, 0.1) is 29.6 Å². The number of carbonyl (C=O) groups is 2. The van der Waals surface area contributed by atoms with E-state index in [9.17, 15) is 9.59 Å². The molecule has 0 aliphatic heterocycles. The van der Waals surface area contributed by atoms with Crippen molar-refractivity contribution in [1.29, 1.82) is 0 Å². The van der Waals surface area contributed by atoms with E-state index in [1.807, 2.05) is 23.5 Å². The molecule has 2 unspecified atom stereocenters. The minimum absolute atomic E-state index is 0.113. The van der Waals surface area contributed by atoms with E-state index in [0.29, 0.717) is 54.0 Å². The Morgan fingerprint density at radius 1 is 0.804 bits per heavy atom. The maximum Gasteiger partial charge on any atom is 0.276 e. The summed E-state index contributed by atoms with van der Waals surface area (Å²) in [5.74, 6) is 2.83. The van der Waals surface area contributed by atoms with Crippen molar-refractivity contribution < 1.29 is 23.4 Å². The Morgan fingerprint density at radius 2 is 1.39 bits per heavy atom. The molecule has 270 valence electrons. The highest BCUT2D eigenvalue weighted by Crippen LogP contribution is 2.58. The molecule has 2 saturated carbocycles. The molecule has 4 aliphatic rings. The van der Waals surface area contributed by atoms with Crippen LogP contribution >= 0.6 is 0 Å². The Kier molecular flexibility index (Phi) is 7.46. The third-order valence-electron chi connectivity index (χ3n) is 13.1. The molecule has 4 aromatic rings. The number of nitrogens with zero attached hydrogens (tertiary/aromatic N) is 8. The molecule has 0 N–H and O–H groups in total. The SMILES string of the molecule is Cc1noc(-c2c3c(nn2C)C2(C)C/C(=C/OCCc4noc(-c5c6c(nn5C)C5(C)CCC(=O)C(C)(C)[C@@H]5CC6)n4)C(=O)C(C)(C)[C@@H]2CC3)n1. The zero-order chi connectivity index (χ0) is 36.2. The number of aryl methyl sites for hydroxylation is 3. The predicted molar refractivity (Wildman–Crippen MR) is 185 cm³/mol. The molecule has 0 radical (unpaired) electrons. The maximum atomic E-state index is 13.9. The van der Waals surface area contributed by atoms with Crippen LogP contribution in [0.5, 0.6) is 0 Å². The lowest BCUT2D eigenvalue weighted by Gasteiger charge is -2.52. The van der Waals surface area contributed by atoms with E-state index in [-0.39, 0.29) is 40.5 Å². The highest BCUT2D eigenvalue weighted by molar-refractivity contribution is 6.01. The molecule has 8 rings (SSSR count). The minimum Gasteiger partial charge on any atom is -0.500 e. The van der Waals surface area contributed by atoms with Gasteiger partial charge in [0.05, 0.1) is 24.3 Å². The smallest absolute Gasteiger partial charge is 0.276 e. The summed E-state index contributed by atoms with van der Waals surface area (Å²) in [6.45, 7) is 14.9. The number of aromatic nitrogens is 8. The third-order valence-corrected chi connectivity index (χ3v) is 13.1. The number of hydrogen-bond acceptors (Lipinski definition) is 11. The van der Waals surface area contributed by atoms with Crippen LogP contribution in [0.4, 0.5) is 0 Å². The summed E-state index contributed by atoms with van der Waals surface area (Å²) in [5, 5.41) is 18.3. The fourth-order valence-corrected chi connectivity index (χ4v) is 10.6. The van der Waals surface area contributed by atoms with Gasteiger partial charge in [0.25, 0.3) is 11.8 Å². The second-order valence-electron chi connectivity index (χ2n) is 16.9. The Bertz CT molecular complexity index is 2110. The summed E-state index contributed by atoms with van der Waals surface area (Å²) in [5.41, 5.74) is 5.11. The number of fused-ring (bicyclic) bond motifs is 6. The molecule has 4 aliphatic carbocycles. The number of rotatable bonds is 6. The number of Topliss-reactive ketones (excluding diaryl/α,β-unsaturated/α-hetero) is 2. The fraction of sp³-hybridized carbons (Fsp3) is 0.632. The normalized spacial score (nSPS) is 28.7. The van der Waals surface area contributed by atoms with E-state index >= 15 is 0 Å². The molecule has 4 heterocycles. The van der Waals surface area contributed by atoms with Crippen molar-refractivity contribution in [3.8, 4) is 23.2 Å². The first kappa shape index (κ1) is 33.7. The molecule has 2 fully saturated rings. The second kappa shape index (κ2) is 11.3. The summed E-state index contributed by atoms with van der Waals surface area (Å²) in [6, 6.07) is 0. The lowest BCUT2D eigenvalue weighted by Crippen LogP contribution is -2.53. The summed E-state index contributed by atoms with van der Waals surface area (Å²) in [4.78, 5) is 36.0.